The Morgan fingerprint density at radius 2 is 2.05 bits per heavy atom. The molecule has 96 valence electrons. The third-order valence-electron chi connectivity index (χ3n) is 2.61. The summed E-state index contributed by atoms with van der Waals surface area (Å²) in [4.78, 5) is 14.1. The van der Waals surface area contributed by atoms with Crippen molar-refractivity contribution < 1.29 is 9.50 Å². The van der Waals surface area contributed by atoms with Crippen LogP contribution in [0.1, 0.15) is 11.3 Å². The molecule has 0 saturated heterocycles. The third kappa shape index (κ3) is 2.37. The van der Waals surface area contributed by atoms with Gasteiger partial charge in [0.15, 0.2) is 0 Å². The zero-order valence-electron chi connectivity index (χ0n) is 9.79. The van der Waals surface area contributed by atoms with Gasteiger partial charge in [-0.3, -0.25) is 4.79 Å². The summed E-state index contributed by atoms with van der Waals surface area (Å²) in [5.41, 5.74) is 0.0867. The molecule has 6 heteroatoms. The number of aromatic hydroxyl groups is 1. The van der Waals surface area contributed by atoms with Crippen LogP contribution in [-0.2, 0) is 0 Å². The first kappa shape index (κ1) is 13.3. The number of hydrogen-bond acceptors (Lipinski definition) is 3. The van der Waals surface area contributed by atoms with Crippen LogP contribution in [0.3, 0.4) is 0 Å². The fourth-order valence-electron chi connectivity index (χ4n) is 1.76. The second kappa shape index (κ2) is 4.86. The number of aryl methyl sites for hydroxylation is 1. The summed E-state index contributed by atoms with van der Waals surface area (Å²) in [7, 11) is 0. The lowest BCUT2D eigenvalue weighted by atomic mass is 10.00. The summed E-state index contributed by atoms with van der Waals surface area (Å²) < 4.78 is 13.7. The molecule has 1 aromatic carbocycles. The van der Waals surface area contributed by atoms with Gasteiger partial charge in [-0.2, -0.15) is 5.26 Å². The van der Waals surface area contributed by atoms with Gasteiger partial charge >= 0.3 is 0 Å². The number of nitrogens with zero attached hydrogens (tertiary/aromatic N) is 1. The van der Waals surface area contributed by atoms with Crippen LogP contribution in [0.5, 0.6) is 5.75 Å². The normalized spacial score (nSPS) is 10.2. The largest absolute Gasteiger partial charge is 0.507 e. The lowest BCUT2D eigenvalue weighted by Gasteiger charge is -2.08. The highest BCUT2D eigenvalue weighted by Gasteiger charge is 2.15. The molecule has 0 bridgehead atoms. The molecule has 0 saturated carbocycles. The average Bonchev–Trinajstić information content (AvgIpc) is 2.33. The SMILES string of the molecule is Cc1cc(-c2cc(F)c(Br)cc2O)c(C#N)c(=O)[nH]1. The molecule has 0 spiro atoms. The fourth-order valence-corrected chi connectivity index (χ4v) is 2.10. The Morgan fingerprint density at radius 1 is 1.37 bits per heavy atom. The van der Waals surface area contributed by atoms with Crippen LogP contribution in [0.25, 0.3) is 11.1 Å². The highest BCUT2D eigenvalue weighted by molar-refractivity contribution is 9.10. The van der Waals surface area contributed by atoms with E-state index in [1.807, 2.05) is 0 Å². The monoisotopic (exact) mass is 322 g/mol. The minimum Gasteiger partial charge on any atom is -0.507 e. The molecule has 0 radical (unpaired) electrons. The number of hydrogen-bond donors (Lipinski definition) is 2. The van der Waals surface area contributed by atoms with Crippen LogP contribution in [0.4, 0.5) is 4.39 Å². The van der Waals surface area contributed by atoms with Crippen LogP contribution >= 0.6 is 15.9 Å². The van der Waals surface area contributed by atoms with Gasteiger partial charge in [0.25, 0.3) is 5.56 Å². The number of halogens is 2. The summed E-state index contributed by atoms with van der Waals surface area (Å²) >= 11 is 2.95. The van der Waals surface area contributed by atoms with Crippen LogP contribution in [0, 0.1) is 24.1 Å². The molecule has 2 rings (SSSR count). The predicted molar refractivity (Wildman–Crippen MR) is 71.3 cm³/mol. The topological polar surface area (TPSA) is 76.9 Å². The van der Waals surface area contributed by atoms with Gasteiger partial charge in [0.1, 0.15) is 23.2 Å². The number of nitrogens with one attached hydrogen (secondary N) is 1. The van der Waals surface area contributed by atoms with Crippen molar-refractivity contribution >= 4 is 15.9 Å². The highest BCUT2D eigenvalue weighted by Crippen LogP contribution is 2.34. The molecule has 2 N–H and O–H groups in total. The summed E-state index contributed by atoms with van der Waals surface area (Å²) in [6, 6.07) is 5.54. The fraction of sp³-hybridized carbons (Fsp3) is 0.0769. The number of nitriles is 1. The molecule has 4 nitrogen and oxygen atoms in total. The van der Waals surface area contributed by atoms with E-state index in [2.05, 4.69) is 20.9 Å². The van der Waals surface area contributed by atoms with Crippen molar-refractivity contribution in [3.05, 3.63) is 50.1 Å². The van der Waals surface area contributed by atoms with Crippen LogP contribution in [-0.4, -0.2) is 10.1 Å². The van der Waals surface area contributed by atoms with E-state index in [0.717, 1.165) is 6.07 Å². The number of pyridine rings is 1. The van der Waals surface area contributed by atoms with Gasteiger partial charge in [0.05, 0.1) is 4.47 Å². The maximum absolute atomic E-state index is 13.6. The predicted octanol–water partition coefficient (Wildman–Crippen LogP) is 2.83. The Hall–Kier alpha value is -2.13. The molecule has 0 aliphatic carbocycles. The summed E-state index contributed by atoms with van der Waals surface area (Å²) in [6.07, 6.45) is 0. The van der Waals surface area contributed by atoms with Gasteiger partial charge in [0, 0.05) is 16.8 Å². The van der Waals surface area contributed by atoms with Gasteiger partial charge in [-0.25, -0.2) is 4.39 Å². The van der Waals surface area contributed by atoms with Gasteiger partial charge in [-0.15, -0.1) is 0 Å². The van der Waals surface area contributed by atoms with E-state index in [0.29, 0.717) is 5.69 Å². The molecule has 0 atom stereocenters. The number of phenols is 1. The van der Waals surface area contributed by atoms with Crippen LogP contribution in [0.15, 0.2) is 27.5 Å². The summed E-state index contributed by atoms with van der Waals surface area (Å²) in [5, 5.41) is 18.9. The number of benzene rings is 1. The zero-order valence-corrected chi connectivity index (χ0v) is 11.4. The maximum atomic E-state index is 13.6. The second-order valence-electron chi connectivity index (χ2n) is 3.97. The second-order valence-corrected chi connectivity index (χ2v) is 4.82. The van der Waals surface area contributed by atoms with E-state index in [-0.39, 0.29) is 26.9 Å². The van der Waals surface area contributed by atoms with Gasteiger partial charge in [-0.1, -0.05) is 0 Å². The average molecular weight is 323 g/mol. The number of aromatic amines is 1. The van der Waals surface area contributed by atoms with Crippen molar-refractivity contribution in [3.63, 3.8) is 0 Å². The Labute approximate surface area is 116 Å². The highest BCUT2D eigenvalue weighted by atomic mass is 79.9. The summed E-state index contributed by atoms with van der Waals surface area (Å²) in [5.74, 6) is -0.801. The van der Waals surface area contributed by atoms with E-state index in [1.54, 1.807) is 13.0 Å². The Balaban J connectivity index is 2.83. The standard InChI is InChI=1S/C13H8BrFN2O2/c1-6-2-7(9(5-16)13(19)17-6)8-3-11(15)10(14)4-12(8)18/h2-4,18H,1H3,(H,17,19). The number of aromatic nitrogens is 1. The number of rotatable bonds is 1. The van der Waals surface area contributed by atoms with Crippen molar-refractivity contribution in [1.29, 1.82) is 5.26 Å². The first-order chi connectivity index (χ1) is 8.93. The molecule has 19 heavy (non-hydrogen) atoms. The molecule has 0 aliphatic heterocycles. The van der Waals surface area contributed by atoms with Crippen molar-refractivity contribution in [2.24, 2.45) is 0 Å². The lowest BCUT2D eigenvalue weighted by molar-refractivity contribution is 0.474. The molecule has 0 unspecified atom stereocenters. The molecule has 1 heterocycles. The molecule has 1 aromatic heterocycles. The minimum atomic E-state index is -0.588. The van der Waals surface area contributed by atoms with E-state index >= 15 is 0 Å². The zero-order chi connectivity index (χ0) is 14.2. The van der Waals surface area contributed by atoms with Gasteiger partial charge in [0.2, 0.25) is 0 Å². The van der Waals surface area contributed by atoms with Gasteiger partial charge in [-0.05, 0) is 41.1 Å². The van der Waals surface area contributed by atoms with Crippen molar-refractivity contribution in [2.45, 2.75) is 6.92 Å². The van der Waals surface area contributed by atoms with Crippen molar-refractivity contribution in [1.82, 2.24) is 4.98 Å². The quantitative estimate of drug-likeness (QED) is 0.847. The number of H-pyrrole nitrogens is 1. The number of phenolic OH excluding ortho intramolecular Hbond substituents is 1. The third-order valence-corrected chi connectivity index (χ3v) is 3.22. The van der Waals surface area contributed by atoms with E-state index in [4.69, 9.17) is 5.26 Å². The first-order valence-electron chi connectivity index (χ1n) is 5.26. The van der Waals surface area contributed by atoms with E-state index < -0.39 is 11.4 Å². The Morgan fingerprint density at radius 3 is 2.68 bits per heavy atom. The van der Waals surface area contributed by atoms with Crippen LogP contribution in [0.2, 0.25) is 0 Å². The molecular formula is C13H8BrFN2O2. The van der Waals surface area contributed by atoms with Crippen molar-refractivity contribution in [2.75, 3.05) is 0 Å². The maximum Gasteiger partial charge on any atom is 0.266 e. The van der Waals surface area contributed by atoms with Crippen LogP contribution < -0.4 is 5.56 Å². The molecule has 2 aromatic rings. The molecule has 0 aliphatic rings. The van der Waals surface area contributed by atoms with E-state index in [1.165, 1.54) is 12.1 Å². The minimum absolute atomic E-state index is 0.103. The smallest absolute Gasteiger partial charge is 0.266 e. The first-order valence-corrected chi connectivity index (χ1v) is 6.05. The summed E-state index contributed by atoms with van der Waals surface area (Å²) in [6.45, 7) is 1.64. The Bertz CT molecular complexity index is 762. The van der Waals surface area contributed by atoms with Gasteiger partial charge < -0.3 is 10.1 Å². The van der Waals surface area contributed by atoms with E-state index in [9.17, 15) is 14.3 Å². The molecule has 0 amide bonds. The molecule has 0 fully saturated rings. The Kier molecular flexibility index (Phi) is 3.40. The lowest BCUT2D eigenvalue weighted by Crippen LogP contribution is -2.12. The van der Waals surface area contributed by atoms with Crippen molar-refractivity contribution in [3.8, 4) is 22.9 Å². The molecular weight excluding hydrogens is 315 g/mol.